The maximum atomic E-state index is 10.9. The summed E-state index contributed by atoms with van der Waals surface area (Å²) in [4.78, 5) is 21.8. The van der Waals surface area contributed by atoms with Gasteiger partial charge in [-0.05, 0) is 17.2 Å². The van der Waals surface area contributed by atoms with E-state index in [0.29, 0.717) is 6.61 Å². The molecular weight excluding hydrogens is 276 g/mol. The van der Waals surface area contributed by atoms with Crippen LogP contribution in [-0.2, 0) is 29.8 Å². The summed E-state index contributed by atoms with van der Waals surface area (Å²) in [6, 6.07) is 7.69. The van der Waals surface area contributed by atoms with Crippen molar-refractivity contribution in [3.63, 3.8) is 0 Å². The minimum Gasteiger partial charge on any atom is -0.482 e. The van der Waals surface area contributed by atoms with Crippen LogP contribution in [0.5, 0.6) is 0 Å². The summed E-state index contributed by atoms with van der Waals surface area (Å²) in [5, 5.41) is 0. The highest BCUT2D eigenvalue weighted by Crippen LogP contribution is 2.08. The Bertz CT molecular complexity index is 470. The molecule has 0 saturated heterocycles. The van der Waals surface area contributed by atoms with Crippen LogP contribution in [0.25, 0.3) is 6.08 Å². The Hall–Kier alpha value is -1.92. The third kappa shape index (κ3) is 6.30. The molecule has 1 aromatic rings. The fraction of sp³-hybridized carbons (Fsp3) is 0.286. The zero-order valence-electron chi connectivity index (χ0n) is 11.5. The van der Waals surface area contributed by atoms with Crippen LogP contribution in [0, 0.1) is 0 Å². The molecule has 1 rings (SSSR count). The van der Waals surface area contributed by atoms with Gasteiger partial charge < -0.3 is 13.6 Å². The van der Waals surface area contributed by atoms with Gasteiger partial charge in [-0.3, -0.25) is 9.59 Å². The second kappa shape index (κ2) is 8.29. The van der Waals surface area contributed by atoms with E-state index in [4.69, 9.17) is 13.6 Å². The molecule has 0 saturated carbocycles. The standard InChI is InChI=1S/C14H17O5Si/c1-4-13-6-5-7-14(8-13)9-17-10-20(18-11(2)15)19-12(3)16/h4-8H,1,9-10H2,2-3H3. The Balaban J connectivity index is 2.48. The van der Waals surface area contributed by atoms with Gasteiger partial charge in [-0.25, -0.2) is 0 Å². The zero-order chi connectivity index (χ0) is 15.0. The van der Waals surface area contributed by atoms with Crippen LogP contribution in [0.4, 0.5) is 0 Å². The van der Waals surface area contributed by atoms with Crippen molar-refractivity contribution in [2.24, 2.45) is 0 Å². The van der Waals surface area contributed by atoms with Crippen molar-refractivity contribution >= 4 is 27.3 Å². The Kier molecular flexibility index (Phi) is 6.69. The Labute approximate surface area is 120 Å². The third-order valence-corrected chi connectivity index (χ3v) is 3.66. The maximum Gasteiger partial charge on any atom is 0.564 e. The first kappa shape index (κ1) is 16.1. The molecule has 0 fully saturated rings. The van der Waals surface area contributed by atoms with Crippen molar-refractivity contribution < 1.29 is 23.2 Å². The second-order valence-corrected chi connectivity index (χ2v) is 5.44. The minimum absolute atomic E-state index is 0.0855. The van der Waals surface area contributed by atoms with Gasteiger partial charge in [-0.1, -0.05) is 30.9 Å². The molecule has 107 valence electrons. The minimum atomic E-state index is -2.07. The van der Waals surface area contributed by atoms with Gasteiger partial charge in [0.1, 0.15) is 6.23 Å². The molecule has 0 N–H and O–H groups in total. The normalized spacial score (nSPS) is 10.2. The van der Waals surface area contributed by atoms with Crippen LogP contribution in [0.3, 0.4) is 0 Å². The molecule has 0 unspecified atom stereocenters. The Morgan fingerprint density at radius 3 is 2.45 bits per heavy atom. The molecule has 0 aliphatic heterocycles. The summed E-state index contributed by atoms with van der Waals surface area (Å²) < 4.78 is 15.3. The van der Waals surface area contributed by atoms with Crippen molar-refractivity contribution in [1.82, 2.24) is 0 Å². The highest BCUT2D eigenvalue weighted by molar-refractivity contribution is 6.48. The number of carbonyl (C=O) groups excluding carboxylic acids is 2. The highest BCUT2D eigenvalue weighted by atomic mass is 28.3. The maximum absolute atomic E-state index is 10.9. The predicted molar refractivity (Wildman–Crippen MR) is 75.5 cm³/mol. The molecule has 6 heteroatoms. The number of rotatable bonds is 7. The van der Waals surface area contributed by atoms with E-state index in [9.17, 15) is 9.59 Å². The van der Waals surface area contributed by atoms with Gasteiger partial charge in [0.15, 0.2) is 0 Å². The van der Waals surface area contributed by atoms with E-state index in [0.717, 1.165) is 11.1 Å². The molecule has 0 spiro atoms. The average Bonchev–Trinajstić information content (AvgIpc) is 2.37. The van der Waals surface area contributed by atoms with Crippen LogP contribution < -0.4 is 0 Å². The third-order valence-electron chi connectivity index (χ3n) is 2.19. The van der Waals surface area contributed by atoms with Gasteiger partial charge in [0.25, 0.3) is 11.9 Å². The summed E-state index contributed by atoms with van der Waals surface area (Å²) in [7, 11) is -2.07. The molecule has 0 aliphatic carbocycles. The Morgan fingerprint density at radius 1 is 1.25 bits per heavy atom. The average molecular weight is 293 g/mol. The molecule has 0 amide bonds. The lowest BCUT2D eigenvalue weighted by Crippen LogP contribution is -2.32. The lowest BCUT2D eigenvalue weighted by Gasteiger charge is -2.13. The van der Waals surface area contributed by atoms with Crippen molar-refractivity contribution in [2.75, 3.05) is 6.23 Å². The molecule has 5 nitrogen and oxygen atoms in total. The summed E-state index contributed by atoms with van der Waals surface area (Å²) in [5.41, 5.74) is 1.96. The van der Waals surface area contributed by atoms with Crippen molar-refractivity contribution in [3.05, 3.63) is 42.0 Å². The lowest BCUT2D eigenvalue weighted by molar-refractivity contribution is -0.138. The van der Waals surface area contributed by atoms with E-state index in [1.165, 1.54) is 13.8 Å². The highest BCUT2D eigenvalue weighted by Gasteiger charge is 2.24. The smallest absolute Gasteiger partial charge is 0.482 e. The predicted octanol–water partition coefficient (Wildman–Crippen LogP) is 2.00. The van der Waals surface area contributed by atoms with E-state index in [2.05, 4.69) is 6.58 Å². The van der Waals surface area contributed by atoms with Crippen molar-refractivity contribution in [2.45, 2.75) is 20.5 Å². The van der Waals surface area contributed by atoms with E-state index in [1.54, 1.807) is 6.08 Å². The van der Waals surface area contributed by atoms with E-state index in [-0.39, 0.29) is 6.23 Å². The van der Waals surface area contributed by atoms with E-state index >= 15 is 0 Å². The molecular formula is C14H17O5Si. The molecule has 0 aromatic heterocycles. The number of carbonyl (C=O) groups is 2. The van der Waals surface area contributed by atoms with Gasteiger partial charge in [0, 0.05) is 13.8 Å². The molecule has 20 heavy (non-hydrogen) atoms. The van der Waals surface area contributed by atoms with Gasteiger partial charge in [0.2, 0.25) is 0 Å². The number of hydrogen-bond donors (Lipinski definition) is 0. The Morgan fingerprint density at radius 2 is 1.90 bits per heavy atom. The van der Waals surface area contributed by atoms with Gasteiger partial charge >= 0.3 is 9.28 Å². The first-order chi connectivity index (χ1) is 9.51. The molecule has 0 bridgehead atoms. The first-order valence-corrected chi connectivity index (χ1v) is 7.55. The van der Waals surface area contributed by atoms with Crippen LogP contribution in [0.1, 0.15) is 25.0 Å². The zero-order valence-corrected chi connectivity index (χ0v) is 12.5. The number of hydrogen-bond acceptors (Lipinski definition) is 5. The van der Waals surface area contributed by atoms with Crippen molar-refractivity contribution in [1.29, 1.82) is 0 Å². The second-order valence-electron chi connectivity index (χ2n) is 4.00. The first-order valence-electron chi connectivity index (χ1n) is 6.03. The van der Waals surface area contributed by atoms with E-state index < -0.39 is 21.2 Å². The van der Waals surface area contributed by atoms with Crippen LogP contribution in [-0.4, -0.2) is 27.5 Å². The SMILES string of the molecule is C=Cc1cccc(COC[Si](OC(C)=O)OC(C)=O)c1. The summed E-state index contributed by atoms with van der Waals surface area (Å²) in [5.74, 6) is -0.977. The summed E-state index contributed by atoms with van der Waals surface area (Å²) in [6.45, 7) is 6.57. The molecule has 0 aliphatic rings. The van der Waals surface area contributed by atoms with E-state index in [1.807, 2.05) is 24.3 Å². The quantitative estimate of drug-likeness (QED) is 0.720. The number of benzene rings is 1. The van der Waals surface area contributed by atoms with Gasteiger partial charge in [-0.2, -0.15) is 0 Å². The largest absolute Gasteiger partial charge is 0.564 e. The van der Waals surface area contributed by atoms with Gasteiger partial charge in [-0.15, -0.1) is 0 Å². The molecule has 1 radical (unpaired) electrons. The van der Waals surface area contributed by atoms with Crippen LogP contribution >= 0.6 is 0 Å². The molecule has 0 heterocycles. The molecule has 1 aromatic carbocycles. The molecule has 0 atom stereocenters. The fourth-order valence-electron chi connectivity index (χ4n) is 1.46. The van der Waals surface area contributed by atoms with Crippen molar-refractivity contribution in [3.8, 4) is 0 Å². The fourth-order valence-corrected chi connectivity index (χ4v) is 2.53. The van der Waals surface area contributed by atoms with Crippen LogP contribution in [0.15, 0.2) is 30.8 Å². The number of ether oxygens (including phenoxy) is 1. The topological polar surface area (TPSA) is 61.8 Å². The monoisotopic (exact) mass is 293 g/mol. The lowest BCUT2D eigenvalue weighted by atomic mass is 10.1. The summed E-state index contributed by atoms with van der Waals surface area (Å²) in [6.07, 6.45) is 1.83. The summed E-state index contributed by atoms with van der Waals surface area (Å²) >= 11 is 0. The van der Waals surface area contributed by atoms with Crippen LogP contribution in [0.2, 0.25) is 0 Å². The van der Waals surface area contributed by atoms with Gasteiger partial charge in [0.05, 0.1) is 6.61 Å².